The van der Waals surface area contributed by atoms with Crippen LogP contribution in [0.25, 0.3) is 0 Å². The summed E-state index contributed by atoms with van der Waals surface area (Å²) in [5.41, 5.74) is 0.269. The van der Waals surface area contributed by atoms with Crippen molar-refractivity contribution in [3.63, 3.8) is 0 Å². The summed E-state index contributed by atoms with van der Waals surface area (Å²) in [6.45, 7) is 1.08. The highest BCUT2D eigenvalue weighted by Crippen LogP contribution is 2.13. The van der Waals surface area contributed by atoms with Gasteiger partial charge in [-0.1, -0.05) is 0 Å². The second kappa shape index (κ2) is 2.22. The number of halogens is 2. The molecule has 46 valence electrons. The van der Waals surface area contributed by atoms with Crippen molar-refractivity contribution in [2.24, 2.45) is 0 Å². The van der Waals surface area contributed by atoms with Crippen molar-refractivity contribution in [3.05, 3.63) is 11.7 Å². The molecule has 0 spiro atoms. The molecule has 1 rings (SSSR count). The Bertz CT molecular complexity index is 108. The summed E-state index contributed by atoms with van der Waals surface area (Å²) < 4.78 is 23.2. The number of hydrogen-bond acceptors (Lipinski definition) is 1. The van der Waals surface area contributed by atoms with Crippen LogP contribution in [-0.2, 0) is 0 Å². The van der Waals surface area contributed by atoms with Gasteiger partial charge < -0.3 is 5.32 Å². The fourth-order valence-corrected chi connectivity index (χ4v) is 0.728. The van der Waals surface area contributed by atoms with E-state index < -0.39 is 6.08 Å². The summed E-state index contributed by atoms with van der Waals surface area (Å²) in [5.74, 6) is 0. The largest absolute Gasteiger partial charge is 0.312 e. The molecule has 1 heterocycles. The van der Waals surface area contributed by atoms with Crippen molar-refractivity contribution in [1.29, 1.82) is 0 Å². The molecule has 3 heteroatoms. The predicted molar refractivity (Wildman–Crippen MR) is 26.7 cm³/mol. The van der Waals surface area contributed by atoms with E-state index in [2.05, 4.69) is 5.32 Å². The van der Waals surface area contributed by atoms with Crippen molar-refractivity contribution in [3.8, 4) is 0 Å². The van der Waals surface area contributed by atoms with E-state index in [0.717, 1.165) is 0 Å². The second-order valence-electron chi connectivity index (χ2n) is 1.79. The molecular formula is C5H7F2N. The molecule has 0 unspecified atom stereocenters. The summed E-state index contributed by atoms with van der Waals surface area (Å²) in [6, 6.07) is 0. The molecule has 0 aromatic heterocycles. The summed E-state index contributed by atoms with van der Waals surface area (Å²) in [5, 5.41) is 2.82. The van der Waals surface area contributed by atoms with E-state index in [0.29, 0.717) is 19.5 Å². The molecule has 0 saturated carbocycles. The van der Waals surface area contributed by atoms with Crippen LogP contribution >= 0.6 is 0 Å². The van der Waals surface area contributed by atoms with Gasteiger partial charge in [0.25, 0.3) is 6.08 Å². The lowest BCUT2D eigenvalue weighted by Gasteiger charge is -1.86. The molecule has 0 aliphatic carbocycles. The topological polar surface area (TPSA) is 12.0 Å². The molecule has 1 saturated heterocycles. The van der Waals surface area contributed by atoms with Gasteiger partial charge in [-0.15, -0.1) is 0 Å². The van der Waals surface area contributed by atoms with Crippen LogP contribution in [0, 0.1) is 0 Å². The Morgan fingerprint density at radius 3 is 2.50 bits per heavy atom. The maximum atomic E-state index is 11.6. The van der Waals surface area contributed by atoms with Crippen LogP contribution in [-0.4, -0.2) is 13.1 Å². The zero-order valence-electron chi connectivity index (χ0n) is 4.38. The first-order valence-electron chi connectivity index (χ1n) is 2.54. The molecule has 8 heavy (non-hydrogen) atoms. The van der Waals surface area contributed by atoms with Gasteiger partial charge >= 0.3 is 0 Å². The molecule has 0 aromatic rings. The third kappa shape index (κ3) is 1.04. The molecule has 1 fully saturated rings. The molecule has 0 aromatic carbocycles. The molecule has 1 nitrogen and oxygen atoms in total. The van der Waals surface area contributed by atoms with E-state index in [1.165, 1.54) is 0 Å². The van der Waals surface area contributed by atoms with Gasteiger partial charge in [0.1, 0.15) is 0 Å². The average Bonchev–Trinajstić information content (AvgIpc) is 2.12. The first-order chi connectivity index (χ1) is 3.80. The Morgan fingerprint density at radius 2 is 2.25 bits per heavy atom. The number of rotatable bonds is 0. The van der Waals surface area contributed by atoms with E-state index in [1.54, 1.807) is 0 Å². The third-order valence-electron chi connectivity index (χ3n) is 1.21. The van der Waals surface area contributed by atoms with Crippen molar-refractivity contribution in [1.82, 2.24) is 5.32 Å². The van der Waals surface area contributed by atoms with Gasteiger partial charge in [-0.2, -0.15) is 8.78 Å². The van der Waals surface area contributed by atoms with Crippen LogP contribution in [0.5, 0.6) is 0 Å². The first-order valence-corrected chi connectivity index (χ1v) is 2.54. The Hall–Kier alpha value is -0.440. The Labute approximate surface area is 46.4 Å². The van der Waals surface area contributed by atoms with Gasteiger partial charge in [0.05, 0.1) is 0 Å². The lowest BCUT2D eigenvalue weighted by Crippen LogP contribution is -2.04. The van der Waals surface area contributed by atoms with Crippen LogP contribution in [0.15, 0.2) is 11.7 Å². The minimum absolute atomic E-state index is 0.269. The highest BCUT2D eigenvalue weighted by atomic mass is 19.3. The van der Waals surface area contributed by atoms with Crippen LogP contribution in [0.1, 0.15) is 6.42 Å². The van der Waals surface area contributed by atoms with Crippen LogP contribution < -0.4 is 5.32 Å². The molecule has 0 bridgehead atoms. The standard InChI is InChI=1S/C5H7F2N/c6-5(7)4-1-2-8-3-4/h8H,1-3H2. The lowest BCUT2D eigenvalue weighted by molar-refractivity contribution is 0.410. The number of nitrogens with one attached hydrogen (secondary N) is 1. The molecular weight excluding hydrogens is 112 g/mol. The smallest absolute Gasteiger partial charge is 0.270 e. The zero-order valence-corrected chi connectivity index (χ0v) is 4.38. The maximum Gasteiger partial charge on any atom is 0.270 e. The van der Waals surface area contributed by atoms with Crippen molar-refractivity contribution in [2.45, 2.75) is 6.42 Å². The lowest BCUT2D eigenvalue weighted by atomic mass is 10.3. The SMILES string of the molecule is FC(F)=C1CCNC1. The highest BCUT2D eigenvalue weighted by Gasteiger charge is 2.10. The first kappa shape index (κ1) is 5.69. The van der Waals surface area contributed by atoms with Gasteiger partial charge in [0.15, 0.2) is 0 Å². The predicted octanol–water partition coefficient (Wildman–Crippen LogP) is 1.13. The van der Waals surface area contributed by atoms with Crippen LogP contribution in [0.2, 0.25) is 0 Å². The fourth-order valence-electron chi connectivity index (χ4n) is 0.728. The van der Waals surface area contributed by atoms with E-state index in [-0.39, 0.29) is 5.57 Å². The molecule has 0 atom stereocenters. The zero-order chi connectivity index (χ0) is 5.98. The monoisotopic (exact) mass is 119 g/mol. The Morgan fingerprint density at radius 1 is 1.50 bits per heavy atom. The normalized spacial score (nSPS) is 19.5. The fraction of sp³-hybridized carbons (Fsp3) is 0.600. The van der Waals surface area contributed by atoms with Crippen molar-refractivity contribution < 1.29 is 8.78 Å². The minimum atomic E-state index is -1.50. The Balaban J connectivity index is 2.58. The van der Waals surface area contributed by atoms with E-state index in [9.17, 15) is 8.78 Å². The minimum Gasteiger partial charge on any atom is -0.312 e. The van der Waals surface area contributed by atoms with Gasteiger partial charge in [0.2, 0.25) is 0 Å². The second-order valence-corrected chi connectivity index (χ2v) is 1.79. The molecule has 1 aliphatic heterocycles. The highest BCUT2D eigenvalue weighted by molar-refractivity contribution is 5.08. The van der Waals surface area contributed by atoms with E-state index >= 15 is 0 Å². The van der Waals surface area contributed by atoms with Gasteiger partial charge in [0, 0.05) is 12.1 Å². The summed E-state index contributed by atoms with van der Waals surface area (Å²) in [7, 11) is 0. The molecule has 0 radical (unpaired) electrons. The average molecular weight is 119 g/mol. The summed E-state index contributed by atoms with van der Waals surface area (Å²) in [4.78, 5) is 0. The van der Waals surface area contributed by atoms with Gasteiger partial charge in [-0.05, 0) is 13.0 Å². The summed E-state index contributed by atoms with van der Waals surface area (Å²) in [6.07, 6.45) is -0.988. The summed E-state index contributed by atoms with van der Waals surface area (Å²) >= 11 is 0. The van der Waals surface area contributed by atoms with E-state index in [4.69, 9.17) is 0 Å². The number of hydrogen-bond donors (Lipinski definition) is 1. The quantitative estimate of drug-likeness (QED) is 0.504. The third-order valence-corrected chi connectivity index (χ3v) is 1.21. The van der Waals surface area contributed by atoms with Crippen LogP contribution in [0.4, 0.5) is 8.78 Å². The molecule has 1 aliphatic rings. The van der Waals surface area contributed by atoms with Crippen molar-refractivity contribution >= 4 is 0 Å². The van der Waals surface area contributed by atoms with E-state index in [1.807, 2.05) is 0 Å². The van der Waals surface area contributed by atoms with Crippen molar-refractivity contribution in [2.75, 3.05) is 13.1 Å². The molecule has 0 amide bonds. The maximum absolute atomic E-state index is 11.6. The molecule has 1 N–H and O–H groups in total. The van der Waals surface area contributed by atoms with Crippen LogP contribution in [0.3, 0.4) is 0 Å². The van der Waals surface area contributed by atoms with Gasteiger partial charge in [-0.3, -0.25) is 0 Å². The Kier molecular flexibility index (Phi) is 1.58. The van der Waals surface area contributed by atoms with Gasteiger partial charge in [-0.25, -0.2) is 0 Å².